The Bertz CT molecular complexity index is 1140. The number of likely N-dealkylation sites (N-methyl/N-ethyl adjacent to an activating group) is 1. The van der Waals surface area contributed by atoms with Crippen LogP contribution in [0.2, 0.25) is 0 Å². The average Bonchev–Trinajstić information content (AvgIpc) is 3.48. The summed E-state index contributed by atoms with van der Waals surface area (Å²) >= 11 is 1.41. The minimum absolute atomic E-state index is 0.0678. The summed E-state index contributed by atoms with van der Waals surface area (Å²) in [5, 5.41) is 7.41. The van der Waals surface area contributed by atoms with Gasteiger partial charge in [0.2, 0.25) is 5.91 Å². The van der Waals surface area contributed by atoms with E-state index in [0.29, 0.717) is 37.3 Å². The molecule has 0 spiro atoms. The molecule has 2 aliphatic rings. The molecular formula is C22H22F5N5O3S. The first-order valence-corrected chi connectivity index (χ1v) is 11.9. The van der Waals surface area contributed by atoms with Crippen LogP contribution < -0.4 is 5.43 Å². The van der Waals surface area contributed by atoms with E-state index in [1.807, 2.05) is 0 Å². The normalized spacial score (nSPS) is 18.8. The third-order valence-electron chi connectivity index (χ3n) is 5.93. The number of halogens is 5. The molecule has 8 nitrogen and oxygen atoms in total. The van der Waals surface area contributed by atoms with E-state index in [2.05, 4.69) is 10.1 Å². The summed E-state index contributed by atoms with van der Waals surface area (Å²) in [5.74, 6) is -3.88. The first kappa shape index (κ1) is 25.9. The number of thiazole rings is 1. The monoisotopic (exact) mass is 531 g/mol. The van der Waals surface area contributed by atoms with Crippen LogP contribution in [0.5, 0.6) is 0 Å². The average molecular weight is 532 g/mol. The van der Waals surface area contributed by atoms with Crippen LogP contribution in [0.25, 0.3) is 0 Å². The number of hydrogen-bond acceptors (Lipinski definition) is 7. The Morgan fingerprint density at radius 2 is 1.89 bits per heavy atom. The van der Waals surface area contributed by atoms with Crippen molar-refractivity contribution in [2.24, 2.45) is 5.16 Å². The van der Waals surface area contributed by atoms with Crippen LogP contribution in [-0.2, 0) is 14.4 Å². The molecule has 1 fully saturated rings. The van der Waals surface area contributed by atoms with Gasteiger partial charge in [0.25, 0.3) is 0 Å². The van der Waals surface area contributed by atoms with Crippen molar-refractivity contribution in [2.75, 3.05) is 26.7 Å². The Kier molecular flexibility index (Phi) is 7.54. The van der Waals surface area contributed by atoms with Crippen molar-refractivity contribution in [1.82, 2.24) is 20.3 Å². The van der Waals surface area contributed by atoms with E-state index in [-0.39, 0.29) is 17.9 Å². The maximum Gasteiger partial charge on any atom is 0.472 e. The number of nitrogens with one attached hydrogen (secondary N) is 1. The van der Waals surface area contributed by atoms with Gasteiger partial charge in [0.15, 0.2) is 6.10 Å². The minimum atomic E-state index is -5.03. The standard InChI is InChI=1S/C22H22F5N5O3S/c1-31(29-21(34)22(25,26)27)10-18(33)32-7-5-12(6-8-32)20-28-16(11-36-20)15-9-17(35-30-15)19-13(23)3-2-4-14(19)24/h2-4,11-12,17H,5-10H2,1H3,(H,29,34). The van der Waals surface area contributed by atoms with Gasteiger partial charge < -0.3 is 9.74 Å². The molecule has 2 amide bonds. The summed E-state index contributed by atoms with van der Waals surface area (Å²) in [6, 6.07) is 3.60. The van der Waals surface area contributed by atoms with E-state index in [9.17, 15) is 31.5 Å². The molecule has 0 saturated carbocycles. The van der Waals surface area contributed by atoms with Crippen molar-refractivity contribution < 1.29 is 36.4 Å². The number of amides is 2. The molecule has 194 valence electrons. The van der Waals surface area contributed by atoms with Gasteiger partial charge in [-0.3, -0.25) is 15.0 Å². The van der Waals surface area contributed by atoms with Gasteiger partial charge in [-0.1, -0.05) is 11.2 Å². The molecule has 14 heteroatoms. The van der Waals surface area contributed by atoms with Crippen molar-refractivity contribution in [1.29, 1.82) is 0 Å². The first-order chi connectivity index (χ1) is 17.0. The van der Waals surface area contributed by atoms with Gasteiger partial charge in [-0.25, -0.2) is 18.8 Å². The molecule has 2 aliphatic heterocycles. The fraction of sp³-hybridized carbons (Fsp3) is 0.455. The molecular weight excluding hydrogens is 509 g/mol. The number of aromatic nitrogens is 1. The second kappa shape index (κ2) is 10.5. The maximum atomic E-state index is 14.1. The van der Waals surface area contributed by atoms with Crippen LogP contribution in [0.1, 0.15) is 47.5 Å². The number of rotatable bonds is 6. The molecule has 4 rings (SSSR count). The Balaban J connectivity index is 1.28. The predicted octanol–water partition coefficient (Wildman–Crippen LogP) is 3.52. The number of nitrogens with zero attached hydrogens (tertiary/aromatic N) is 4. The number of hydrogen-bond donors (Lipinski definition) is 1. The van der Waals surface area contributed by atoms with Gasteiger partial charge >= 0.3 is 12.1 Å². The summed E-state index contributed by atoms with van der Waals surface area (Å²) in [6.45, 7) is 0.383. The third-order valence-corrected chi connectivity index (χ3v) is 6.93. The van der Waals surface area contributed by atoms with Crippen LogP contribution in [-0.4, -0.2) is 65.3 Å². The largest absolute Gasteiger partial charge is 0.472 e. The molecule has 1 aromatic heterocycles. The fourth-order valence-electron chi connectivity index (χ4n) is 4.06. The number of alkyl halides is 3. The lowest BCUT2D eigenvalue weighted by atomic mass is 9.97. The van der Waals surface area contributed by atoms with Crippen molar-refractivity contribution in [2.45, 2.75) is 37.5 Å². The van der Waals surface area contributed by atoms with Crippen LogP contribution in [0.3, 0.4) is 0 Å². The highest BCUT2D eigenvalue weighted by Gasteiger charge is 2.39. The van der Waals surface area contributed by atoms with Gasteiger partial charge in [-0.05, 0) is 25.0 Å². The zero-order valence-electron chi connectivity index (χ0n) is 19.0. The first-order valence-electron chi connectivity index (χ1n) is 11.0. The fourth-order valence-corrected chi connectivity index (χ4v) is 5.06. The Hall–Kier alpha value is -3.13. The van der Waals surface area contributed by atoms with E-state index in [1.54, 1.807) is 10.8 Å². The van der Waals surface area contributed by atoms with E-state index in [0.717, 1.165) is 22.1 Å². The van der Waals surface area contributed by atoms with Crippen LogP contribution in [0.15, 0.2) is 28.7 Å². The van der Waals surface area contributed by atoms with Crippen LogP contribution in [0, 0.1) is 11.6 Å². The number of benzene rings is 1. The van der Waals surface area contributed by atoms with E-state index in [4.69, 9.17) is 4.84 Å². The smallest absolute Gasteiger partial charge is 0.387 e. The molecule has 1 unspecified atom stereocenters. The summed E-state index contributed by atoms with van der Waals surface area (Å²) in [5.41, 5.74) is 2.50. The number of piperidine rings is 1. The van der Waals surface area contributed by atoms with Crippen molar-refractivity contribution >= 4 is 28.9 Å². The molecule has 0 aliphatic carbocycles. The topological polar surface area (TPSA) is 87.1 Å². The summed E-state index contributed by atoms with van der Waals surface area (Å²) < 4.78 is 65.2. The van der Waals surface area contributed by atoms with Crippen molar-refractivity contribution in [3.8, 4) is 0 Å². The van der Waals surface area contributed by atoms with Gasteiger partial charge in [0.1, 0.15) is 17.3 Å². The van der Waals surface area contributed by atoms with Gasteiger partial charge in [-0.15, -0.1) is 11.3 Å². The minimum Gasteiger partial charge on any atom is -0.387 e. The van der Waals surface area contributed by atoms with E-state index in [1.165, 1.54) is 29.4 Å². The van der Waals surface area contributed by atoms with Gasteiger partial charge in [0, 0.05) is 37.9 Å². The Morgan fingerprint density at radius 1 is 1.22 bits per heavy atom. The SMILES string of the molecule is CN(CC(=O)N1CCC(c2nc(C3=NOC(c4c(F)cccc4F)C3)cs2)CC1)NC(=O)C(F)(F)F. The molecule has 1 atom stereocenters. The molecule has 3 heterocycles. The molecule has 0 bridgehead atoms. The molecule has 36 heavy (non-hydrogen) atoms. The molecule has 1 saturated heterocycles. The number of likely N-dealkylation sites (tertiary alicyclic amines) is 1. The highest BCUT2D eigenvalue weighted by molar-refractivity contribution is 7.10. The maximum absolute atomic E-state index is 14.1. The zero-order valence-corrected chi connectivity index (χ0v) is 19.8. The highest BCUT2D eigenvalue weighted by Crippen LogP contribution is 2.35. The summed E-state index contributed by atoms with van der Waals surface area (Å²) in [6.07, 6.45) is -4.54. The number of oxime groups is 1. The summed E-state index contributed by atoms with van der Waals surface area (Å²) in [7, 11) is 1.19. The Labute approximate surface area is 206 Å². The lowest BCUT2D eigenvalue weighted by Gasteiger charge is -2.32. The van der Waals surface area contributed by atoms with E-state index < -0.39 is 42.3 Å². The number of hydrazine groups is 1. The van der Waals surface area contributed by atoms with Gasteiger partial charge in [0.05, 0.1) is 22.8 Å². The highest BCUT2D eigenvalue weighted by atomic mass is 32.1. The molecule has 1 N–H and O–H groups in total. The molecule has 0 radical (unpaired) electrons. The number of carbonyl (C=O) groups excluding carboxylic acids is 2. The lowest BCUT2D eigenvalue weighted by Crippen LogP contribution is -2.51. The van der Waals surface area contributed by atoms with Crippen LogP contribution in [0.4, 0.5) is 22.0 Å². The van der Waals surface area contributed by atoms with Crippen molar-refractivity contribution in [3.05, 3.63) is 51.5 Å². The zero-order chi connectivity index (χ0) is 26.0. The summed E-state index contributed by atoms with van der Waals surface area (Å²) in [4.78, 5) is 34.8. The molecule has 1 aromatic carbocycles. The lowest BCUT2D eigenvalue weighted by molar-refractivity contribution is -0.178. The predicted molar refractivity (Wildman–Crippen MR) is 119 cm³/mol. The Morgan fingerprint density at radius 3 is 2.53 bits per heavy atom. The van der Waals surface area contributed by atoms with E-state index >= 15 is 0 Å². The van der Waals surface area contributed by atoms with Crippen molar-refractivity contribution in [3.63, 3.8) is 0 Å². The third kappa shape index (κ3) is 5.81. The second-order valence-corrected chi connectivity index (χ2v) is 9.38. The quantitative estimate of drug-likeness (QED) is 0.456. The molecule has 2 aromatic rings. The second-order valence-electron chi connectivity index (χ2n) is 8.49. The number of carbonyl (C=O) groups is 2. The van der Waals surface area contributed by atoms with Gasteiger partial charge in [-0.2, -0.15) is 13.2 Å². The van der Waals surface area contributed by atoms with Crippen LogP contribution >= 0.6 is 11.3 Å².